The van der Waals surface area contributed by atoms with E-state index in [1.807, 2.05) is 11.8 Å². The monoisotopic (exact) mass is 223 g/mol. The summed E-state index contributed by atoms with van der Waals surface area (Å²) in [4.78, 5) is 1.38. The minimum atomic E-state index is 0.278. The van der Waals surface area contributed by atoms with Crippen molar-refractivity contribution in [3.8, 4) is 0 Å². The van der Waals surface area contributed by atoms with Gasteiger partial charge in [0.05, 0.1) is 0 Å². The summed E-state index contributed by atoms with van der Waals surface area (Å²) in [5.74, 6) is 0. The molecule has 0 aromatic heterocycles. The molecule has 0 spiro atoms. The Morgan fingerprint density at radius 3 is 2.40 bits per heavy atom. The van der Waals surface area contributed by atoms with Crippen molar-refractivity contribution in [2.75, 3.05) is 6.54 Å². The van der Waals surface area contributed by atoms with E-state index in [0.717, 1.165) is 13.0 Å². The molecule has 1 aromatic carbocycles. The minimum Gasteiger partial charge on any atom is -0.330 e. The largest absolute Gasteiger partial charge is 0.330 e. The van der Waals surface area contributed by atoms with Crippen molar-refractivity contribution in [3.63, 3.8) is 0 Å². The fourth-order valence-electron chi connectivity index (χ4n) is 1.48. The minimum absolute atomic E-state index is 0.278. The van der Waals surface area contributed by atoms with Gasteiger partial charge in [0.25, 0.3) is 0 Å². The summed E-state index contributed by atoms with van der Waals surface area (Å²) in [7, 11) is 0. The van der Waals surface area contributed by atoms with Crippen LogP contribution in [-0.2, 0) is 6.42 Å². The Balaban J connectivity index is 2.84. The van der Waals surface area contributed by atoms with Gasteiger partial charge in [0.15, 0.2) is 0 Å². The van der Waals surface area contributed by atoms with Gasteiger partial charge in [-0.05, 0) is 37.1 Å². The highest BCUT2D eigenvalue weighted by molar-refractivity contribution is 8.00. The van der Waals surface area contributed by atoms with Crippen LogP contribution in [0.1, 0.15) is 31.9 Å². The van der Waals surface area contributed by atoms with E-state index in [4.69, 9.17) is 5.73 Å². The summed E-state index contributed by atoms with van der Waals surface area (Å²) in [5.41, 5.74) is 8.25. The number of thioether (sulfide) groups is 1. The lowest BCUT2D eigenvalue weighted by Gasteiger charge is -2.19. The third kappa shape index (κ3) is 4.27. The number of rotatable bonds is 3. The maximum Gasteiger partial charge on any atom is 0.0122 e. The van der Waals surface area contributed by atoms with Crippen LogP contribution in [-0.4, -0.2) is 11.3 Å². The predicted molar refractivity (Wildman–Crippen MR) is 69.5 cm³/mol. The van der Waals surface area contributed by atoms with Crippen LogP contribution in [0.25, 0.3) is 0 Å². The fourth-order valence-corrected chi connectivity index (χ4v) is 2.49. The van der Waals surface area contributed by atoms with Gasteiger partial charge < -0.3 is 5.73 Å². The second-order valence-electron chi connectivity index (χ2n) is 4.85. The van der Waals surface area contributed by atoms with Crippen molar-refractivity contribution in [1.29, 1.82) is 0 Å². The van der Waals surface area contributed by atoms with Crippen LogP contribution in [0.3, 0.4) is 0 Å². The van der Waals surface area contributed by atoms with E-state index in [2.05, 4.69) is 45.9 Å². The number of hydrogen-bond acceptors (Lipinski definition) is 2. The topological polar surface area (TPSA) is 26.0 Å². The van der Waals surface area contributed by atoms with Gasteiger partial charge in [-0.2, -0.15) is 0 Å². The Morgan fingerprint density at radius 2 is 1.93 bits per heavy atom. The van der Waals surface area contributed by atoms with Crippen molar-refractivity contribution in [3.05, 3.63) is 29.3 Å². The molecule has 1 nitrogen and oxygen atoms in total. The van der Waals surface area contributed by atoms with Gasteiger partial charge >= 0.3 is 0 Å². The lowest BCUT2D eigenvalue weighted by atomic mass is 10.1. The number of benzene rings is 1. The Kier molecular flexibility index (Phi) is 4.23. The van der Waals surface area contributed by atoms with Crippen molar-refractivity contribution in [1.82, 2.24) is 0 Å². The van der Waals surface area contributed by atoms with E-state index in [1.165, 1.54) is 16.0 Å². The quantitative estimate of drug-likeness (QED) is 0.795. The second-order valence-corrected chi connectivity index (χ2v) is 6.72. The van der Waals surface area contributed by atoms with E-state index in [-0.39, 0.29) is 4.75 Å². The average molecular weight is 223 g/mol. The van der Waals surface area contributed by atoms with Crippen LogP contribution in [0.2, 0.25) is 0 Å². The molecule has 0 aliphatic heterocycles. The summed E-state index contributed by atoms with van der Waals surface area (Å²) in [6, 6.07) is 6.66. The van der Waals surface area contributed by atoms with Crippen molar-refractivity contribution >= 4 is 11.8 Å². The highest BCUT2D eigenvalue weighted by Crippen LogP contribution is 2.34. The van der Waals surface area contributed by atoms with Gasteiger partial charge in [-0.3, -0.25) is 0 Å². The molecule has 2 heteroatoms. The van der Waals surface area contributed by atoms with Crippen LogP contribution < -0.4 is 5.73 Å². The normalized spacial score (nSPS) is 11.8. The van der Waals surface area contributed by atoms with Gasteiger partial charge in [-0.1, -0.05) is 32.9 Å². The standard InChI is InChI=1S/C13H21NS/c1-10-9-11(7-8-14)5-6-12(10)15-13(2,3)4/h5-6,9H,7-8,14H2,1-4H3. The maximum atomic E-state index is 5.55. The lowest BCUT2D eigenvalue weighted by molar-refractivity contribution is 0.802. The molecule has 0 atom stereocenters. The molecule has 0 aliphatic carbocycles. The molecule has 15 heavy (non-hydrogen) atoms. The molecule has 0 heterocycles. The summed E-state index contributed by atoms with van der Waals surface area (Å²) in [6.07, 6.45) is 0.974. The Labute approximate surface area is 97.4 Å². The molecule has 0 fully saturated rings. The zero-order chi connectivity index (χ0) is 11.5. The summed E-state index contributed by atoms with van der Waals surface area (Å²) in [6.45, 7) is 9.62. The van der Waals surface area contributed by atoms with Crippen LogP contribution >= 0.6 is 11.8 Å². The average Bonchev–Trinajstić information content (AvgIpc) is 2.08. The van der Waals surface area contributed by atoms with Crippen molar-refractivity contribution in [2.24, 2.45) is 5.73 Å². The first-order chi connectivity index (χ1) is 6.92. The molecule has 0 saturated carbocycles. The summed E-state index contributed by atoms with van der Waals surface area (Å²) >= 11 is 1.92. The molecule has 2 N–H and O–H groups in total. The zero-order valence-electron chi connectivity index (χ0n) is 10.1. The van der Waals surface area contributed by atoms with Gasteiger partial charge in [0.2, 0.25) is 0 Å². The van der Waals surface area contributed by atoms with E-state index in [0.29, 0.717) is 0 Å². The van der Waals surface area contributed by atoms with Crippen LogP contribution in [0.5, 0.6) is 0 Å². The van der Waals surface area contributed by atoms with Crippen LogP contribution in [0, 0.1) is 6.92 Å². The molecular weight excluding hydrogens is 202 g/mol. The molecule has 84 valence electrons. The van der Waals surface area contributed by atoms with E-state index in [9.17, 15) is 0 Å². The van der Waals surface area contributed by atoms with E-state index >= 15 is 0 Å². The molecule has 0 bridgehead atoms. The van der Waals surface area contributed by atoms with Crippen molar-refractivity contribution < 1.29 is 0 Å². The third-order valence-corrected chi connectivity index (χ3v) is 3.38. The summed E-state index contributed by atoms with van der Waals surface area (Å²) in [5, 5.41) is 0. The molecule has 1 rings (SSSR count). The second kappa shape index (κ2) is 5.04. The Bertz CT molecular complexity index is 326. The third-order valence-electron chi connectivity index (χ3n) is 2.09. The number of aryl methyl sites for hydroxylation is 1. The molecule has 0 aliphatic rings. The molecule has 0 radical (unpaired) electrons. The van der Waals surface area contributed by atoms with Gasteiger partial charge in [0, 0.05) is 9.64 Å². The SMILES string of the molecule is Cc1cc(CCN)ccc1SC(C)(C)C. The number of nitrogens with two attached hydrogens (primary N) is 1. The molecule has 0 saturated heterocycles. The van der Waals surface area contributed by atoms with Crippen molar-refractivity contribution in [2.45, 2.75) is 43.8 Å². The highest BCUT2D eigenvalue weighted by Gasteiger charge is 2.13. The van der Waals surface area contributed by atoms with E-state index in [1.54, 1.807) is 0 Å². The van der Waals surface area contributed by atoms with Crippen LogP contribution in [0.4, 0.5) is 0 Å². The number of hydrogen-bond donors (Lipinski definition) is 1. The fraction of sp³-hybridized carbons (Fsp3) is 0.538. The van der Waals surface area contributed by atoms with Gasteiger partial charge in [0.1, 0.15) is 0 Å². The van der Waals surface area contributed by atoms with Crippen LogP contribution in [0.15, 0.2) is 23.1 Å². The molecule has 0 amide bonds. The molecular formula is C13H21NS. The first kappa shape index (κ1) is 12.6. The lowest BCUT2D eigenvalue weighted by Crippen LogP contribution is -2.07. The zero-order valence-corrected chi connectivity index (χ0v) is 10.9. The Morgan fingerprint density at radius 1 is 1.27 bits per heavy atom. The first-order valence-electron chi connectivity index (χ1n) is 5.41. The molecule has 0 unspecified atom stereocenters. The molecule has 1 aromatic rings. The smallest absolute Gasteiger partial charge is 0.0122 e. The summed E-state index contributed by atoms with van der Waals surface area (Å²) < 4.78 is 0.278. The van der Waals surface area contributed by atoms with E-state index < -0.39 is 0 Å². The Hall–Kier alpha value is -0.470. The maximum absolute atomic E-state index is 5.55. The van der Waals surface area contributed by atoms with Gasteiger partial charge in [-0.25, -0.2) is 0 Å². The van der Waals surface area contributed by atoms with Gasteiger partial charge in [-0.15, -0.1) is 11.8 Å². The first-order valence-corrected chi connectivity index (χ1v) is 6.22. The highest BCUT2D eigenvalue weighted by atomic mass is 32.2. The predicted octanol–water partition coefficient (Wildman–Crippen LogP) is 3.39.